The van der Waals surface area contributed by atoms with E-state index in [0.29, 0.717) is 0 Å². The number of pyridine rings is 1. The second-order valence-corrected chi connectivity index (χ2v) is 6.74. The monoisotopic (exact) mass is 380 g/mol. The number of carboxylic acid groups (broad SMARTS) is 1. The van der Waals surface area contributed by atoms with Crippen LogP contribution in [0.25, 0.3) is 0 Å². The van der Waals surface area contributed by atoms with E-state index < -0.39 is 29.2 Å². The van der Waals surface area contributed by atoms with Crippen LogP contribution in [0.3, 0.4) is 0 Å². The fourth-order valence-electron chi connectivity index (χ4n) is 3.44. The van der Waals surface area contributed by atoms with Gasteiger partial charge in [0.2, 0.25) is 0 Å². The number of aliphatic carboxylic acids is 1. The summed E-state index contributed by atoms with van der Waals surface area (Å²) in [6.45, 7) is 0.0813. The minimum atomic E-state index is -4.50. The Morgan fingerprint density at radius 3 is 2.56 bits per heavy atom. The number of halogens is 3. The van der Waals surface area contributed by atoms with Gasteiger partial charge in [-0.05, 0) is 30.5 Å². The molecule has 144 valence electrons. The number of carbonyl (C=O) groups is 1. The summed E-state index contributed by atoms with van der Waals surface area (Å²) >= 11 is 0. The molecule has 2 atom stereocenters. The highest BCUT2D eigenvalue weighted by Gasteiger charge is 2.49. The molecule has 0 amide bonds. The lowest BCUT2D eigenvalue weighted by atomic mass is 9.71. The maximum absolute atomic E-state index is 12.9. The minimum absolute atomic E-state index is 0.0718. The molecule has 5 nitrogen and oxygen atoms in total. The SMILES string of the molecule is O=C(O)[C@@]1(Cc2ccccc2)CCN(c2cc(C(F)(F)F)ccn2)C[C@H]1O. The van der Waals surface area contributed by atoms with Crippen LogP contribution in [0.5, 0.6) is 0 Å². The molecule has 1 aliphatic rings. The van der Waals surface area contributed by atoms with Crippen molar-refractivity contribution in [3.63, 3.8) is 0 Å². The molecule has 0 spiro atoms. The zero-order valence-corrected chi connectivity index (χ0v) is 14.4. The Labute approximate surface area is 154 Å². The Balaban J connectivity index is 1.82. The molecule has 0 saturated carbocycles. The van der Waals surface area contributed by atoms with Crippen LogP contribution in [-0.2, 0) is 17.4 Å². The Morgan fingerprint density at radius 1 is 1.26 bits per heavy atom. The highest BCUT2D eigenvalue weighted by molar-refractivity contribution is 5.76. The molecule has 1 fully saturated rings. The predicted molar refractivity (Wildman–Crippen MR) is 92.3 cm³/mol. The van der Waals surface area contributed by atoms with Gasteiger partial charge in [0.05, 0.1) is 11.7 Å². The molecule has 0 radical (unpaired) electrons. The molecular formula is C19H19F3N2O3. The molecule has 1 aromatic carbocycles. The average molecular weight is 380 g/mol. The van der Waals surface area contributed by atoms with Crippen LogP contribution in [0.15, 0.2) is 48.7 Å². The number of nitrogens with zero attached hydrogens (tertiary/aromatic N) is 2. The molecule has 2 heterocycles. The second kappa shape index (κ2) is 7.19. The summed E-state index contributed by atoms with van der Waals surface area (Å²) in [6, 6.07) is 10.8. The molecule has 3 rings (SSSR count). The summed E-state index contributed by atoms with van der Waals surface area (Å²) in [5.41, 5.74) is -1.44. The number of carboxylic acids is 1. The van der Waals surface area contributed by atoms with Crippen LogP contribution in [0.1, 0.15) is 17.5 Å². The number of hydrogen-bond acceptors (Lipinski definition) is 4. The van der Waals surface area contributed by atoms with Gasteiger partial charge in [-0.3, -0.25) is 4.79 Å². The normalized spacial score (nSPS) is 23.3. The number of hydrogen-bond donors (Lipinski definition) is 2. The predicted octanol–water partition coefficient (Wildman–Crippen LogP) is 2.99. The van der Waals surface area contributed by atoms with Gasteiger partial charge in [-0.25, -0.2) is 4.98 Å². The van der Waals surface area contributed by atoms with Gasteiger partial charge < -0.3 is 15.1 Å². The summed E-state index contributed by atoms with van der Waals surface area (Å²) < 4.78 is 38.7. The molecule has 1 aromatic heterocycles. The number of aliphatic hydroxyl groups is 1. The van der Waals surface area contributed by atoms with Crippen molar-refractivity contribution in [2.75, 3.05) is 18.0 Å². The van der Waals surface area contributed by atoms with Gasteiger partial charge in [0, 0.05) is 19.3 Å². The van der Waals surface area contributed by atoms with Crippen LogP contribution >= 0.6 is 0 Å². The van der Waals surface area contributed by atoms with E-state index in [1.807, 2.05) is 6.07 Å². The van der Waals surface area contributed by atoms with Crippen molar-refractivity contribution in [2.24, 2.45) is 5.41 Å². The Bertz CT molecular complexity index is 813. The molecule has 27 heavy (non-hydrogen) atoms. The number of alkyl halides is 3. The van der Waals surface area contributed by atoms with Crippen molar-refractivity contribution in [1.82, 2.24) is 4.98 Å². The molecule has 1 saturated heterocycles. The molecule has 0 unspecified atom stereocenters. The van der Waals surface area contributed by atoms with E-state index >= 15 is 0 Å². The van der Waals surface area contributed by atoms with E-state index in [2.05, 4.69) is 4.98 Å². The lowest BCUT2D eigenvalue weighted by Gasteiger charge is -2.43. The molecule has 0 aliphatic carbocycles. The lowest BCUT2D eigenvalue weighted by Crippen LogP contribution is -2.56. The first kappa shape index (κ1) is 19.2. The maximum Gasteiger partial charge on any atom is 0.416 e. The fraction of sp³-hybridized carbons (Fsp3) is 0.368. The Morgan fingerprint density at radius 2 is 1.96 bits per heavy atom. The van der Waals surface area contributed by atoms with Crippen molar-refractivity contribution >= 4 is 11.8 Å². The third-order valence-electron chi connectivity index (χ3n) is 5.04. The lowest BCUT2D eigenvalue weighted by molar-refractivity contribution is -0.158. The fourth-order valence-corrected chi connectivity index (χ4v) is 3.44. The van der Waals surface area contributed by atoms with E-state index in [1.54, 1.807) is 24.3 Å². The number of benzene rings is 1. The highest BCUT2D eigenvalue weighted by Crippen LogP contribution is 2.38. The van der Waals surface area contributed by atoms with Crippen molar-refractivity contribution in [1.29, 1.82) is 0 Å². The summed E-state index contributed by atoms with van der Waals surface area (Å²) in [6.07, 6.45) is -4.44. The third kappa shape index (κ3) is 3.90. The smallest absolute Gasteiger partial charge is 0.416 e. The first-order valence-electron chi connectivity index (χ1n) is 8.46. The number of β-amino-alcohol motifs (C(OH)–C–C–N with tert-alkyl or cyclic N) is 1. The second-order valence-electron chi connectivity index (χ2n) is 6.74. The largest absolute Gasteiger partial charge is 0.481 e. The van der Waals surface area contributed by atoms with Crippen molar-refractivity contribution in [2.45, 2.75) is 25.1 Å². The number of aliphatic hydroxyl groups excluding tert-OH is 1. The average Bonchev–Trinajstić information content (AvgIpc) is 2.63. The van der Waals surface area contributed by atoms with Crippen molar-refractivity contribution < 1.29 is 28.2 Å². The Hall–Kier alpha value is -2.61. The van der Waals surface area contributed by atoms with Crippen LogP contribution in [0.2, 0.25) is 0 Å². The molecular weight excluding hydrogens is 361 g/mol. The van der Waals surface area contributed by atoms with Gasteiger partial charge in [0.25, 0.3) is 0 Å². The van der Waals surface area contributed by atoms with Crippen LogP contribution < -0.4 is 4.90 Å². The number of aromatic nitrogens is 1. The van der Waals surface area contributed by atoms with E-state index in [1.165, 1.54) is 4.90 Å². The molecule has 1 aliphatic heterocycles. The highest BCUT2D eigenvalue weighted by atomic mass is 19.4. The number of anilines is 1. The van der Waals surface area contributed by atoms with E-state index in [-0.39, 0.29) is 31.7 Å². The third-order valence-corrected chi connectivity index (χ3v) is 5.04. The zero-order chi connectivity index (χ0) is 19.7. The maximum atomic E-state index is 12.9. The van der Waals surface area contributed by atoms with Gasteiger partial charge in [-0.1, -0.05) is 30.3 Å². The molecule has 0 bridgehead atoms. The molecule has 8 heteroatoms. The summed E-state index contributed by atoms with van der Waals surface area (Å²) in [5.74, 6) is -1.04. The van der Waals surface area contributed by atoms with Gasteiger partial charge in [0.15, 0.2) is 0 Å². The van der Waals surface area contributed by atoms with Gasteiger partial charge in [0.1, 0.15) is 11.2 Å². The Kier molecular flexibility index (Phi) is 5.10. The van der Waals surface area contributed by atoms with Gasteiger partial charge in [-0.2, -0.15) is 13.2 Å². The van der Waals surface area contributed by atoms with Crippen LogP contribution in [-0.4, -0.2) is 40.4 Å². The summed E-state index contributed by atoms with van der Waals surface area (Å²) in [5, 5.41) is 20.4. The molecule has 2 N–H and O–H groups in total. The first-order chi connectivity index (χ1) is 12.7. The van der Waals surface area contributed by atoms with E-state index in [9.17, 15) is 28.2 Å². The van der Waals surface area contributed by atoms with Crippen LogP contribution in [0, 0.1) is 5.41 Å². The number of rotatable bonds is 4. The van der Waals surface area contributed by atoms with Crippen molar-refractivity contribution in [3.8, 4) is 0 Å². The zero-order valence-electron chi connectivity index (χ0n) is 14.4. The quantitative estimate of drug-likeness (QED) is 0.853. The first-order valence-corrected chi connectivity index (χ1v) is 8.46. The topological polar surface area (TPSA) is 73.7 Å². The van der Waals surface area contributed by atoms with Gasteiger partial charge in [-0.15, -0.1) is 0 Å². The number of piperidine rings is 1. The summed E-state index contributed by atoms with van der Waals surface area (Å²) in [7, 11) is 0. The van der Waals surface area contributed by atoms with E-state index in [0.717, 1.165) is 23.9 Å². The molecule has 2 aromatic rings. The van der Waals surface area contributed by atoms with Crippen molar-refractivity contribution in [3.05, 3.63) is 59.8 Å². The standard InChI is InChI=1S/C19H19F3N2O3/c20-19(21,22)14-6-8-23-16(10-14)24-9-7-18(17(26)27,15(25)12-24)11-13-4-2-1-3-5-13/h1-6,8,10,15,25H,7,9,11-12H2,(H,26,27)/t15-,18-/m1/s1. The van der Waals surface area contributed by atoms with E-state index in [4.69, 9.17) is 0 Å². The van der Waals surface area contributed by atoms with Gasteiger partial charge >= 0.3 is 12.1 Å². The minimum Gasteiger partial charge on any atom is -0.481 e. The van der Waals surface area contributed by atoms with Crippen LogP contribution in [0.4, 0.5) is 19.0 Å². The summed E-state index contributed by atoms with van der Waals surface area (Å²) in [4.78, 5) is 17.4.